The summed E-state index contributed by atoms with van der Waals surface area (Å²) in [7, 11) is -3.66. The van der Waals surface area contributed by atoms with Crippen LogP contribution < -0.4 is 10.5 Å². The molecule has 102 valence electrons. The Morgan fingerprint density at radius 3 is 2.39 bits per heavy atom. The third kappa shape index (κ3) is 3.68. The van der Waals surface area contributed by atoms with E-state index in [1.807, 2.05) is 20.8 Å². The van der Waals surface area contributed by atoms with Gasteiger partial charge in [0.1, 0.15) is 5.82 Å². The summed E-state index contributed by atoms with van der Waals surface area (Å²) in [6.07, 6.45) is 0. The predicted molar refractivity (Wildman–Crippen MR) is 70.2 cm³/mol. The van der Waals surface area contributed by atoms with E-state index in [0.29, 0.717) is 12.1 Å². The Bertz CT molecular complexity index is 548. The molecule has 4 nitrogen and oxygen atoms in total. The Labute approximate surface area is 107 Å². The summed E-state index contributed by atoms with van der Waals surface area (Å²) >= 11 is 0. The molecule has 0 bridgehead atoms. The molecule has 0 aliphatic carbocycles. The molecule has 0 saturated carbocycles. The van der Waals surface area contributed by atoms with Gasteiger partial charge in [-0.3, -0.25) is 0 Å². The maximum Gasteiger partial charge on any atom is 0.240 e. The molecule has 0 fully saturated rings. The number of aryl methyl sites for hydroxylation is 1. The van der Waals surface area contributed by atoms with Gasteiger partial charge < -0.3 is 5.73 Å². The quantitative estimate of drug-likeness (QED) is 0.828. The number of nitrogens with one attached hydrogen (secondary N) is 1. The summed E-state index contributed by atoms with van der Waals surface area (Å²) < 4.78 is 39.8. The number of nitrogens with two attached hydrogens (primary N) is 1. The molecule has 0 saturated heterocycles. The van der Waals surface area contributed by atoms with Crippen molar-refractivity contribution in [2.24, 2.45) is 5.41 Å². The van der Waals surface area contributed by atoms with E-state index in [2.05, 4.69) is 4.72 Å². The predicted octanol–water partition coefficient (Wildman–Crippen LogP) is 2.04. The van der Waals surface area contributed by atoms with Crippen LogP contribution in [0.25, 0.3) is 0 Å². The van der Waals surface area contributed by atoms with Gasteiger partial charge >= 0.3 is 0 Å². The number of anilines is 1. The van der Waals surface area contributed by atoms with Gasteiger partial charge in [-0.2, -0.15) is 0 Å². The van der Waals surface area contributed by atoms with Crippen molar-refractivity contribution >= 4 is 15.7 Å². The highest BCUT2D eigenvalue weighted by Gasteiger charge is 2.21. The molecule has 18 heavy (non-hydrogen) atoms. The second kappa shape index (κ2) is 4.85. The van der Waals surface area contributed by atoms with Gasteiger partial charge in [0, 0.05) is 6.54 Å². The number of hydrogen-bond donors (Lipinski definition) is 2. The van der Waals surface area contributed by atoms with Crippen LogP contribution in [0, 0.1) is 18.2 Å². The second-order valence-corrected chi connectivity index (χ2v) is 7.26. The van der Waals surface area contributed by atoms with E-state index in [9.17, 15) is 12.8 Å². The number of rotatable bonds is 3. The van der Waals surface area contributed by atoms with Crippen LogP contribution in [0.1, 0.15) is 26.3 Å². The molecule has 0 heterocycles. The third-order valence-electron chi connectivity index (χ3n) is 2.38. The fourth-order valence-corrected chi connectivity index (χ4v) is 2.89. The summed E-state index contributed by atoms with van der Waals surface area (Å²) in [6, 6.07) is 2.27. The summed E-state index contributed by atoms with van der Waals surface area (Å²) in [5.74, 6) is -0.609. The average Bonchev–Trinajstić information content (AvgIpc) is 2.19. The molecule has 0 atom stereocenters. The van der Waals surface area contributed by atoms with E-state index in [1.54, 1.807) is 0 Å². The van der Waals surface area contributed by atoms with Crippen molar-refractivity contribution in [1.82, 2.24) is 4.72 Å². The van der Waals surface area contributed by atoms with Crippen LogP contribution in [0.5, 0.6) is 0 Å². The monoisotopic (exact) mass is 274 g/mol. The lowest BCUT2D eigenvalue weighted by Gasteiger charge is -2.19. The minimum atomic E-state index is -3.66. The standard InChI is InChI=1S/C12H19FN2O2S/c1-8-5-9(13)10(14)6-11(8)18(16,17)15-7-12(2,3)4/h5-6,15H,7,14H2,1-4H3. The van der Waals surface area contributed by atoms with E-state index < -0.39 is 15.8 Å². The minimum Gasteiger partial charge on any atom is -0.396 e. The smallest absolute Gasteiger partial charge is 0.240 e. The Morgan fingerprint density at radius 1 is 1.33 bits per heavy atom. The summed E-state index contributed by atoms with van der Waals surface area (Å²) in [5, 5.41) is 0. The van der Waals surface area contributed by atoms with Crippen LogP contribution in [0.4, 0.5) is 10.1 Å². The average molecular weight is 274 g/mol. The Kier molecular flexibility index (Phi) is 4.02. The van der Waals surface area contributed by atoms with Crippen LogP contribution in [-0.4, -0.2) is 15.0 Å². The van der Waals surface area contributed by atoms with Gasteiger partial charge in [0.2, 0.25) is 10.0 Å². The highest BCUT2D eigenvalue weighted by atomic mass is 32.2. The van der Waals surface area contributed by atoms with E-state index >= 15 is 0 Å². The van der Waals surface area contributed by atoms with E-state index in [4.69, 9.17) is 5.73 Å². The molecule has 0 aliphatic heterocycles. The molecular formula is C12H19FN2O2S. The molecule has 0 aromatic heterocycles. The third-order valence-corrected chi connectivity index (χ3v) is 3.92. The van der Waals surface area contributed by atoms with Gasteiger partial charge in [-0.15, -0.1) is 0 Å². The summed E-state index contributed by atoms with van der Waals surface area (Å²) in [4.78, 5) is 0.0191. The SMILES string of the molecule is Cc1cc(F)c(N)cc1S(=O)(=O)NCC(C)(C)C. The van der Waals surface area contributed by atoms with Gasteiger partial charge in [0.05, 0.1) is 10.6 Å². The number of nitrogen functional groups attached to an aromatic ring is 1. The molecule has 1 rings (SSSR count). The fraction of sp³-hybridized carbons (Fsp3) is 0.500. The number of halogens is 1. The molecule has 0 radical (unpaired) electrons. The Balaban J connectivity index is 3.10. The molecule has 0 unspecified atom stereocenters. The Morgan fingerprint density at radius 2 is 1.89 bits per heavy atom. The number of benzene rings is 1. The molecule has 1 aromatic carbocycles. The first kappa shape index (κ1) is 14.9. The highest BCUT2D eigenvalue weighted by Crippen LogP contribution is 2.22. The van der Waals surface area contributed by atoms with Crippen molar-refractivity contribution in [3.63, 3.8) is 0 Å². The highest BCUT2D eigenvalue weighted by molar-refractivity contribution is 7.89. The van der Waals surface area contributed by atoms with Crippen molar-refractivity contribution in [1.29, 1.82) is 0 Å². The van der Waals surface area contributed by atoms with Crippen LogP contribution in [0.3, 0.4) is 0 Å². The molecule has 3 N–H and O–H groups in total. The summed E-state index contributed by atoms with van der Waals surface area (Å²) in [6.45, 7) is 7.59. The van der Waals surface area contributed by atoms with E-state index in [0.717, 1.165) is 12.1 Å². The molecule has 1 aromatic rings. The molecule has 0 spiro atoms. The lowest BCUT2D eigenvalue weighted by atomic mass is 9.98. The largest absolute Gasteiger partial charge is 0.396 e. The van der Waals surface area contributed by atoms with Gasteiger partial charge in [0.25, 0.3) is 0 Å². The van der Waals surface area contributed by atoms with Crippen LogP contribution in [0.2, 0.25) is 0 Å². The number of hydrogen-bond acceptors (Lipinski definition) is 3. The topological polar surface area (TPSA) is 72.2 Å². The molecular weight excluding hydrogens is 255 g/mol. The Hall–Kier alpha value is -1.14. The van der Waals surface area contributed by atoms with Crippen molar-refractivity contribution in [3.05, 3.63) is 23.5 Å². The second-order valence-electron chi connectivity index (χ2n) is 5.52. The maximum atomic E-state index is 13.2. The first-order valence-electron chi connectivity index (χ1n) is 5.58. The first-order chi connectivity index (χ1) is 8.03. The van der Waals surface area contributed by atoms with Crippen molar-refractivity contribution in [2.45, 2.75) is 32.6 Å². The van der Waals surface area contributed by atoms with Crippen LogP contribution >= 0.6 is 0 Å². The van der Waals surface area contributed by atoms with Gasteiger partial charge in [0.15, 0.2) is 0 Å². The lowest BCUT2D eigenvalue weighted by molar-refractivity contribution is 0.407. The van der Waals surface area contributed by atoms with Crippen molar-refractivity contribution in [2.75, 3.05) is 12.3 Å². The normalized spacial score (nSPS) is 12.7. The molecule has 0 amide bonds. The minimum absolute atomic E-state index is 0.0191. The number of sulfonamides is 1. The summed E-state index contributed by atoms with van der Waals surface area (Å²) in [5.41, 5.74) is 5.39. The lowest BCUT2D eigenvalue weighted by Crippen LogP contribution is -2.32. The zero-order valence-electron chi connectivity index (χ0n) is 11.0. The first-order valence-corrected chi connectivity index (χ1v) is 7.06. The van der Waals surface area contributed by atoms with Gasteiger partial charge in [-0.25, -0.2) is 17.5 Å². The van der Waals surface area contributed by atoms with Crippen LogP contribution in [0.15, 0.2) is 17.0 Å². The van der Waals surface area contributed by atoms with Gasteiger partial charge in [-0.05, 0) is 30.0 Å². The zero-order valence-corrected chi connectivity index (χ0v) is 11.9. The van der Waals surface area contributed by atoms with E-state index in [-0.39, 0.29) is 16.0 Å². The van der Waals surface area contributed by atoms with Crippen molar-refractivity contribution in [3.8, 4) is 0 Å². The molecule has 0 aliphatic rings. The maximum absolute atomic E-state index is 13.2. The fourth-order valence-electron chi connectivity index (χ4n) is 1.35. The van der Waals surface area contributed by atoms with E-state index in [1.165, 1.54) is 6.92 Å². The zero-order chi connectivity index (χ0) is 14.1. The van der Waals surface area contributed by atoms with Gasteiger partial charge in [-0.1, -0.05) is 20.8 Å². The van der Waals surface area contributed by atoms with Crippen LogP contribution in [-0.2, 0) is 10.0 Å². The van der Waals surface area contributed by atoms with Crippen molar-refractivity contribution < 1.29 is 12.8 Å². The molecule has 6 heteroatoms.